The quantitative estimate of drug-likeness (QED) is 0.784. The molecule has 1 unspecified atom stereocenters. The van der Waals surface area contributed by atoms with Gasteiger partial charge < -0.3 is 10.1 Å². The SMILES string of the molecule is CC(C)Oc1cccc(C(C)NC(=O)CSc2ccncc2)c1. The normalized spacial score (nSPS) is 12.0. The molecule has 4 nitrogen and oxygen atoms in total. The van der Waals surface area contributed by atoms with Crippen LogP contribution in [0.15, 0.2) is 53.7 Å². The molecule has 1 amide bonds. The Labute approximate surface area is 141 Å². The average molecular weight is 330 g/mol. The van der Waals surface area contributed by atoms with Crippen LogP contribution in [0, 0.1) is 0 Å². The minimum atomic E-state index is -0.0590. The van der Waals surface area contributed by atoms with Crippen LogP contribution in [0.2, 0.25) is 0 Å². The third-order valence-electron chi connectivity index (χ3n) is 3.13. The van der Waals surface area contributed by atoms with Crippen LogP contribution in [-0.4, -0.2) is 22.7 Å². The van der Waals surface area contributed by atoms with E-state index in [9.17, 15) is 4.79 Å². The van der Waals surface area contributed by atoms with Gasteiger partial charge in [-0.05, 0) is 50.6 Å². The molecule has 0 aliphatic rings. The molecule has 0 radical (unpaired) electrons. The highest BCUT2D eigenvalue weighted by Gasteiger charge is 2.11. The summed E-state index contributed by atoms with van der Waals surface area (Å²) in [6.07, 6.45) is 3.58. The summed E-state index contributed by atoms with van der Waals surface area (Å²) in [5.41, 5.74) is 1.03. The van der Waals surface area contributed by atoms with E-state index in [0.29, 0.717) is 5.75 Å². The minimum absolute atomic E-state index is 0.00879. The molecule has 1 aromatic heterocycles. The molecular weight excluding hydrogens is 308 g/mol. The zero-order valence-electron chi connectivity index (χ0n) is 13.7. The van der Waals surface area contributed by atoms with Gasteiger partial charge in [0.1, 0.15) is 5.75 Å². The maximum atomic E-state index is 12.1. The molecule has 0 bridgehead atoms. The largest absolute Gasteiger partial charge is 0.491 e. The van der Waals surface area contributed by atoms with Crippen LogP contribution in [0.3, 0.4) is 0 Å². The third kappa shape index (κ3) is 5.94. The van der Waals surface area contributed by atoms with Crippen LogP contribution in [0.1, 0.15) is 32.4 Å². The van der Waals surface area contributed by atoms with Crippen molar-refractivity contribution in [1.82, 2.24) is 10.3 Å². The molecule has 0 saturated carbocycles. The van der Waals surface area contributed by atoms with Gasteiger partial charge in [0, 0.05) is 17.3 Å². The molecule has 1 atom stereocenters. The van der Waals surface area contributed by atoms with E-state index in [1.807, 2.05) is 57.2 Å². The van der Waals surface area contributed by atoms with Crippen molar-refractivity contribution < 1.29 is 9.53 Å². The fraction of sp³-hybridized carbons (Fsp3) is 0.333. The molecule has 0 spiro atoms. The molecule has 122 valence electrons. The van der Waals surface area contributed by atoms with E-state index in [-0.39, 0.29) is 18.1 Å². The van der Waals surface area contributed by atoms with Gasteiger partial charge in [-0.25, -0.2) is 0 Å². The monoisotopic (exact) mass is 330 g/mol. The molecule has 0 aliphatic heterocycles. The Hall–Kier alpha value is -2.01. The first kappa shape index (κ1) is 17.3. The van der Waals surface area contributed by atoms with E-state index in [1.54, 1.807) is 12.4 Å². The van der Waals surface area contributed by atoms with E-state index < -0.39 is 0 Å². The Morgan fingerprint density at radius 1 is 1.22 bits per heavy atom. The van der Waals surface area contributed by atoms with E-state index in [2.05, 4.69) is 10.3 Å². The van der Waals surface area contributed by atoms with Gasteiger partial charge in [0.2, 0.25) is 5.91 Å². The molecule has 0 saturated heterocycles. The third-order valence-corrected chi connectivity index (χ3v) is 4.14. The van der Waals surface area contributed by atoms with Crippen molar-refractivity contribution in [3.8, 4) is 5.75 Å². The molecule has 2 aromatic rings. The summed E-state index contributed by atoms with van der Waals surface area (Å²) in [5, 5.41) is 3.02. The standard InChI is InChI=1S/C18H22N2O2S/c1-13(2)22-16-6-4-5-15(11-16)14(3)20-18(21)12-23-17-7-9-19-10-8-17/h4-11,13-14H,12H2,1-3H3,(H,20,21). The minimum Gasteiger partial charge on any atom is -0.491 e. The number of amides is 1. The fourth-order valence-electron chi connectivity index (χ4n) is 2.08. The maximum absolute atomic E-state index is 12.1. The number of hydrogen-bond acceptors (Lipinski definition) is 4. The summed E-state index contributed by atoms with van der Waals surface area (Å²) >= 11 is 1.50. The Bertz CT molecular complexity index is 632. The number of nitrogens with one attached hydrogen (secondary N) is 1. The van der Waals surface area contributed by atoms with Crippen molar-refractivity contribution in [2.45, 2.75) is 37.8 Å². The first-order valence-electron chi connectivity index (χ1n) is 7.63. The molecule has 1 heterocycles. The van der Waals surface area contributed by atoms with Gasteiger partial charge in [-0.15, -0.1) is 11.8 Å². The number of aromatic nitrogens is 1. The number of carbonyl (C=O) groups excluding carboxylic acids is 1. The predicted octanol–water partition coefficient (Wildman–Crippen LogP) is 3.84. The topological polar surface area (TPSA) is 51.2 Å². The van der Waals surface area contributed by atoms with Gasteiger partial charge in [0.15, 0.2) is 0 Å². The lowest BCUT2D eigenvalue weighted by Gasteiger charge is -2.16. The van der Waals surface area contributed by atoms with E-state index in [4.69, 9.17) is 4.74 Å². The van der Waals surface area contributed by atoms with E-state index in [1.165, 1.54) is 11.8 Å². The highest BCUT2D eigenvalue weighted by Crippen LogP contribution is 2.21. The smallest absolute Gasteiger partial charge is 0.230 e. The van der Waals surface area contributed by atoms with Crippen molar-refractivity contribution in [3.63, 3.8) is 0 Å². The van der Waals surface area contributed by atoms with Gasteiger partial charge in [-0.3, -0.25) is 9.78 Å². The second kappa shape index (κ2) is 8.58. The molecule has 2 rings (SSSR count). The van der Waals surface area contributed by atoms with Crippen LogP contribution < -0.4 is 10.1 Å². The Kier molecular flexibility index (Phi) is 6.47. The lowest BCUT2D eigenvalue weighted by molar-refractivity contribution is -0.119. The summed E-state index contributed by atoms with van der Waals surface area (Å²) < 4.78 is 5.69. The predicted molar refractivity (Wildman–Crippen MR) is 93.7 cm³/mol. The first-order chi connectivity index (χ1) is 11.0. The number of carbonyl (C=O) groups is 1. The first-order valence-corrected chi connectivity index (χ1v) is 8.62. The van der Waals surface area contributed by atoms with Crippen LogP contribution in [0.25, 0.3) is 0 Å². The molecule has 23 heavy (non-hydrogen) atoms. The van der Waals surface area contributed by atoms with Crippen LogP contribution in [0.4, 0.5) is 0 Å². The summed E-state index contributed by atoms with van der Waals surface area (Å²) in [5.74, 6) is 1.22. The number of hydrogen-bond donors (Lipinski definition) is 1. The Morgan fingerprint density at radius 2 is 1.96 bits per heavy atom. The number of nitrogens with zero attached hydrogens (tertiary/aromatic N) is 1. The van der Waals surface area contributed by atoms with Crippen LogP contribution >= 0.6 is 11.8 Å². The van der Waals surface area contributed by atoms with Crippen molar-refractivity contribution in [1.29, 1.82) is 0 Å². The summed E-state index contributed by atoms with van der Waals surface area (Å²) in [6.45, 7) is 5.96. The van der Waals surface area contributed by atoms with Crippen molar-refractivity contribution in [2.75, 3.05) is 5.75 Å². The number of benzene rings is 1. The maximum Gasteiger partial charge on any atom is 0.230 e. The zero-order chi connectivity index (χ0) is 16.7. The number of pyridine rings is 1. The van der Waals surface area contributed by atoms with Crippen LogP contribution in [-0.2, 0) is 4.79 Å². The Morgan fingerprint density at radius 3 is 2.65 bits per heavy atom. The van der Waals surface area contributed by atoms with E-state index in [0.717, 1.165) is 16.2 Å². The second-order valence-corrected chi connectivity index (χ2v) is 6.55. The highest BCUT2D eigenvalue weighted by atomic mass is 32.2. The van der Waals surface area contributed by atoms with Gasteiger partial charge >= 0.3 is 0 Å². The van der Waals surface area contributed by atoms with Gasteiger partial charge in [0.25, 0.3) is 0 Å². The zero-order valence-corrected chi connectivity index (χ0v) is 14.5. The van der Waals surface area contributed by atoms with Crippen LogP contribution in [0.5, 0.6) is 5.75 Å². The summed E-state index contributed by atoms with van der Waals surface area (Å²) in [6, 6.07) is 11.6. The molecule has 1 N–H and O–H groups in total. The number of rotatable bonds is 7. The second-order valence-electron chi connectivity index (χ2n) is 5.50. The van der Waals surface area contributed by atoms with Crippen molar-refractivity contribution in [2.24, 2.45) is 0 Å². The van der Waals surface area contributed by atoms with Gasteiger partial charge in [0.05, 0.1) is 17.9 Å². The molecule has 5 heteroatoms. The molecule has 1 aromatic carbocycles. The summed E-state index contributed by atoms with van der Waals surface area (Å²) in [7, 11) is 0. The molecular formula is C18H22N2O2S. The van der Waals surface area contributed by atoms with Crippen molar-refractivity contribution in [3.05, 3.63) is 54.4 Å². The number of ether oxygens (including phenoxy) is 1. The average Bonchev–Trinajstić information content (AvgIpc) is 2.53. The summed E-state index contributed by atoms with van der Waals surface area (Å²) in [4.78, 5) is 17.1. The fourth-order valence-corrected chi connectivity index (χ4v) is 2.77. The number of thioether (sulfide) groups is 1. The Balaban J connectivity index is 1.88. The lowest BCUT2D eigenvalue weighted by Crippen LogP contribution is -2.28. The molecule has 0 fully saturated rings. The van der Waals surface area contributed by atoms with E-state index >= 15 is 0 Å². The lowest BCUT2D eigenvalue weighted by atomic mass is 10.1. The molecule has 0 aliphatic carbocycles. The van der Waals surface area contributed by atoms with Gasteiger partial charge in [-0.1, -0.05) is 12.1 Å². The van der Waals surface area contributed by atoms with Gasteiger partial charge in [-0.2, -0.15) is 0 Å². The highest BCUT2D eigenvalue weighted by molar-refractivity contribution is 8.00. The van der Waals surface area contributed by atoms with Crippen molar-refractivity contribution >= 4 is 17.7 Å².